The number of amides is 1. The van der Waals surface area contributed by atoms with Gasteiger partial charge in [0.25, 0.3) is 5.91 Å². The van der Waals surface area contributed by atoms with Gasteiger partial charge in [-0.1, -0.05) is 29.7 Å². The monoisotopic (exact) mass is 266 g/mol. The van der Waals surface area contributed by atoms with E-state index in [0.717, 1.165) is 22.5 Å². The Bertz CT molecular complexity index is 717. The molecule has 0 saturated heterocycles. The predicted molar refractivity (Wildman–Crippen MR) is 81.4 cm³/mol. The minimum absolute atomic E-state index is 0.418. The topological polar surface area (TPSA) is 48.0 Å². The second-order valence-corrected chi connectivity index (χ2v) is 5.00. The van der Waals surface area contributed by atoms with Gasteiger partial charge in [0.2, 0.25) is 0 Å². The predicted octanol–water partition coefficient (Wildman–Crippen LogP) is 2.81. The summed E-state index contributed by atoms with van der Waals surface area (Å²) in [4.78, 5) is 11.5. The third-order valence-electron chi connectivity index (χ3n) is 3.54. The third kappa shape index (κ3) is 2.33. The van der Waals surface area contributed by atoms with Crippen LogP contribution in [0.3, 0.4) is 0 Å². The molecular formula is C17H18N2O. The molecular weight excluding hydrogens is 248 g/mol. The van der Waals surface area contributed by atoms with E-state index in [4.69, 9.17) is 12.2 Å². The van der Waals surface area contributed by atoms with Gasteiger partial charge in [0.15, 0.2) is 0 Å². The molecule has 3 nitrogen and oxygen atoms in total. The van der Waals surface area contributed by atoms with Crippen LogP contribution in [-0.2, 0) is 6.54 Å². The molecule has 0 aliphatic heterocycles. The van der Waals surface area contributed by atoms with Crippen LogP contribution < -0.4 is 5.73 Å². The average molecular weight is 266 g/mol. The van der Waals surface area contributed by atoms with Crippen LogP contribution in [0, 0.1) is 33.1 Å². The molecule has 2 rings (SSSR count). The standard InChI is InChI=1S/C17H18N2O/c1-5-8-19-13(4)15(17(18)20)10-16(19)14-7-6-11(2)9-12(14)3/h1,6-7,9-10H,8H2,2-4H3,(H2,18,20). The lowest BCUT2D eigenvalue weighted by atomic mass is 10.0. The first-order valence-corrected chi connectivity index (χ1v) is 6.46. The fraction of sp³-hybridized carbons (Fsp3) is 0.235. The fourth-order valence-electron chi connectivity index (χ4n) is 2.51. The maximum Gasteiger partial charge on any atom is 0.250 e. The Kier molecular flexibility index (Phi) is 3.67. The van der Waals surface area contributed by atoms with Crippen molar-refractivity contribution in [3.8, 4) is 23.6 Å². The summed E-state index contributed by atoms with van der Waals surface area (Å²) < 4.78 is 1.96. The molecule has 2 aromatic rings. The number of aromatic nitrogens is 1. The lowest BCUT2D eigenvalue weighted by Gasteiger charge is -2.11. The summed E-state index contributed by atoms with van der Waals surface area (Å²) in [5, 5.41) is 0. The van der Waals surface area contributed by atoms with Crippen molar-refractivity contribution in [1.82, 2.24) is 4.57 Å². The molecule has 0 saturated carbocycles. The Morgan fingerprint density at radius 2 is 2.00 bits per heavy atom. The second kappa shape index (κ2) is 5.26. The van der Waals surface area contributed by atoms with Crippen molar-refractivity contribution in [2.45, 2.75) is 27.3 Å². The molecule has 2 N–H and O–H groups in total. The molecule has 0 aliphatic rings. The van der Waals surface area contributed by atoms with E-state index in [1.54, 1.807) is 0 Å². The summed E-state index contributed by atoms with van der Waals surface area (Å²) in [7, 11) is 0. The Balaban J connectivity index is 2.70. The Morgan fingerprint density at radius 1 is 1.30 bits per heavy atom. The van der Waals surface area contributed by atoms with Gasteiger partial charge in [0.05, 0.1) is 17.8 Å². The van der Waals surface area contributed by atoms with Gasteiger partial charge in [0.1, 0.15) is 0 Å². The molecule has 0 bridgehead atoms. The number of nitrogens with zero attached hydrogens (tertiary/aromatic N) is 1. The van der Waals surface area contributed by atoms with Crippen LogP contribution in [0.15, 0.2) is 24.3 Å². The first kappa shape index (κ1) is 14.0. The number of carbonyl (C=O) groups excluding carboxylic acids is 1. The average Bonchev–Trinajstić information content (AvgIpc) is 2.68. The quantitative estimate of drug-likeness (QED) is 0.853. The zero-order valence-corrected chi connectivity index (χ0v) is 12.0. The highest BCUT2D eigenvalue weighted by Crippen LogP contribution is 2.28. The van der Waals surface area contributed by atoms with Crippen LogP contribution in [0.25, 0.3) is 11.3 Å². The zero-order chi connectivity index (χ0) is 14.9. The van der Waals surface area contributed by atoms with Gasteiger partial charge >= 0.3 is 0 Å². The molecule has 0 fully saturated rings. The summed E-state index contributed by atoms with van der Waals surface area (Å²) in [6, 6.07) is 8.04. The van der Waals surface area contributed by atoms with Gasteiger partial charge in [-0.15, -0.1) is 6.42 Å². The first-order chi connectivity index (χ1) is 9.45. The number of hydrogen-bond donors (Lipinski definition) is 1. The van der Waals surface area contributed by atoms with E-state index in [1.807, 2.05) is 17.6 Å². The Hall–Kier alpha value is -2.47. The van der Waals surface area contributed by atoms with E-state index >= 15 is 0 Å². The molecule has 1 heterocycles. The van der Waals surface area contributed by atoms with Crippen LogP contribution in [0.1, 0.15) is 27.2 Å². The highest BCUT2D eigenvalue weighted by molar-refractivity contribution is 5.95. The number of hydrogen-bond acceptors (Lipinski definition) is 1. The highest BCUT2D eigenvalue weighted by Gasteiger charge is 2.17. The number of primary amides is 1. The van der Waals surface area contributed by atoms with Gasteiger partial charge < -0.3 is 10.3 Å². The van der Waals surface area contributed by atoms with Crippen LogP contribution >= 0.6 is 0 Å². The number of carbonyl (C=O) groups is 1. The van der Waals surface area contributed by atoms with Crippen molar-refractivity contribution < 1.29 is 4.79 Å². The smallest absolute Gasteiger partial charge is 0.250 e. The Morgan fingerprint density at radius 3 is 2.55 bits per heavy atom. The SMILES string of the molecule is C#CCn1c(-c2ccc(C)cc2C)cc(C(N)=O)c1C. The molecule has 0 aliphatic carbocycles. The van der Waals surface area contributed by atoms with Gasteiger partial charge in [-0.2, -0.15) is 0 Å². The van der Waals surface area contributed by atoms with E-state index < -0.39 is 5.91 Å². The van der Waals surface area contributed by atoms with Gasteiger partial charge in [-0.25, -0.2) is 0 Å². The summed E-state index contributed by atoms with van der Waals surface area (Å²) in [6.45, 7) is 6.39. The number of aryl methyl sites for hydroxylation is 2. The molecule has 102 valence electrons. The molecule has 0 spiro atoms. The summed E-state index contributed by atoms with van der Waals surface area (Å²) in [5.74, 6) is 2.20. The lowest BCUT2D eigenvalue weighted by Crippen LogP contribution is -2.12. The van der Waals surface area contributed by atoms with Crippen LogP contribution in [0.2, 0.25) is 0 Å². The molecule has 0 atom stereocenters. The second-order valence-electron chi connectivity index (χ2n) is 5.00. The molecule has 20 heavy (non-hydrogen) atoms. The van der Waals surface area contributed by atoms with Crippen LogP contribution in [-0.4, -0.2) is 10.5 Å². The highest BCUT2D eigenvalue weighted by atomic mass is 16.1. The van der Waals surface area contributed by atoms with E-state index in [0.29, 0.717) is 12.1 Å². The molecule has 1 aromatic heterocycles. The molecule has 1 amide bonds. The minimum Gasteiger partial charge on any atom is -0.366 e. The van der Waals surface area contributed by atoms with Crippen LogP contribution in [0.4, 0.5) is 0 Å². The van der Waals surface area contributed by atoms with E-state index in [1.165, 1.54) is 5.56 Å². The van der Waals surface area contributed by atoms with E-state index in [9.17, 15) is 4.79 Å². The molecule has 0 radical (unpaired) electrons. The van der Waals surface area contributed by atoms with Crippen molar-refractivity contribution in [2.75, 3.05) is 0 Å². The molecule has 3 heteroatoms. The van der Waals surface area contributed by atoms with Gasteiger partial charge in [-0.05, 0) is 32.4 Å². The molecule has 0 unspecified atom stereocenters. The van der Waals surface area contributed by atoms with Crippen molar-refractivity contribution in [2.24, 2.45) is 5.73 Å². The number of benzene rings is 1. The van der Waals surface area contributed by atoms with Crippen molar-refractivity contribution in [3.63, 3.8) is 0 Å². The Labute approximate surface area is 119 Å². The fourth-order valence-corrected chi connectivity index (χ4v) is 2.51. The van der Waals surface area contributed by atoms with Crippen molar-refractivity contribution >= 4 is 5.91 Å². The summed E-state index contributed by atoms with van der Waals surface area (Å²) >= 11 is 0. The van der Waals surface area contributed by atoms with Crippen molar-refractivity contribution in [3.05, 3.63) is 46.6 Å². The number of nitrogens with two attached hydrogens (primary N) is 1. The summed E-state index contributed by atoms with van der Waals surface area (Å²) in [6.07, 6.45) is 5.44. The van der Waals surface area contributed by atoms with Gasteiger partial charge in [-0.3, -0.25) is 4.79 Å². The molecule has 1 aromatic carbocycles. The minimum atomic E-state index is -0.427. The third-order valence-corrected chi connectivity index (χ3v) is 3.54. The van der Waals surface area contributed by atoms with Crippen molar-refractivity contribution in [1.29, 1.82) is 0 Å². The van der Waals surface area contributed by atoms with Gasteiger partial charge in [0, 0.05) is 11.3 Å². The maximum atomic E-state index is 11.5. The van der Waals surface area contributed by atoms with E-state index in [-0.39, 0.29) is 0 Å². The number of terminal acetylenes is 1. The number of rotatable bonds is 3. The lowest BCUT2D eigenvalue weighted by molar-refractivity contribution is 0.0999. The first-order valence-electron chi connectivity index (χ1n) is 6.46. The largest absolute Gasteiger partial charge is 0.366 e. The normalized spacial score (nSPS) is 10.3. The summed E-state index contributed by atoms with van der Waals surface area (Å²) in [5.41, 5.74) is 11.1. The maximum absolute atomic E-state index is 11.5. The van der Waals surface area contributed by atoms with Crippen LogP contribution in [0.5, 0.6) is 0 Å². The zero-order valence-electron chi connectivity index (χ0n) is 12.0. The van der Waals surface area contributed by atoms with E-state index in [2.05, 4.69) is 38.0 Å².